The highest BCUT2D eigenvalue weighted by molar-refractivity contribution is 6.47. The van der Waals surface area contributed by atoms with Crippen LogP contribution in [0.5, 0.6) is 0 Å². The maximum Gasteiger partial charge on any atom is 0.238 e. The van der Waals surface area contributed by atoms with Gasteiger partial charge in [-0.15, -0.1) is 0 Å². The maximum atomic E-state index is 8.75. The lowest BCUT2D eigenvalue weighted by Crippen LogP contribution is -2.21. The van der Waals surface area contributed by atoms with Crippen molar-refractivity contribution in [1.82, 2.24) is 0 Å². The van der Waals surface area contributed by atoms with Gasteiger partial charge in [0.15, 0.2) is 0 Å². The van der Waals surface area contributed by atoms with E-state index < -0.39 is 4.52 Å². The van der Waals surface area contributed by atoms with Crippen molar-refractivity contribution in [2.45, 2.75) is 4.52 Å². The molecule has 0 fully saturated rings. The van der Waals surface area contributed by atoms with E-state index in [2.05, 4.69) is 0 Å². The Kier molecular flexibility index (Phi) is 7.13. The van der Waals surface area contributed by atoms with E-state index in [-0.39, 0.29) is 26.4 Å². The van der Waals surface area contributed by atoms with Gasteiger partial charge < -0.3 is 19.7 Å². The van der Waals surface area contributed by atoms with Crippen molar-refractivity contribution < 1.29 is 19.7 Å². The molecule has 0 aliphatic rings. The maximum absolute atomic E-state index is 8.75. The SMILES string of the molecule is OCCOCCOCC(O)(Cl)Cl. The van der Waals surface area contributed by atoms with Crippen molar-refractivity contribution in [1.29, 1.82) is 0 Å². The minimum atomic E-state index is -1.84. The highest BCUT2D eigenvalue weighted by Crippen LogP contribution is 2.15. The molecule has 0 unspecified atom stereocenters. The lowest BCUT2D eigenvalue weighted by molar-refractivity contribution is 0.00670. The van der Waals surface area contributed by atoms with Crippen molar-refractivity contribution in [2.24, 2.45) is 0 Å². The largest absolute Gasteiger partial charge is 0.394 e. The molecule has 0 saturated heterocycles. The average Bonchev–Trinajstić information content (AvgIpc) is 1.94. The van der Waals surface area contributed by atoms with Crippen molar-refractivity contribution in [3.05, 3.63) is 0 Å². The third-order valence-corrected chi connectivity index (χ3v) is 1.10. The Bertz CT molecular complexity index is 104. The van der Waals surface area contributed by atoms with Crippen molar-refractivity contribution in [3.8, 4) is 0 Å². The number of alkyl halides is 2. The topological polar surface area (TPSA) is 58.9 Å². The lowest BCUT2D eigenvalue weighted by atomic mass is 10.7. The number of halogens is 2. The summed E-state index contributed by atoms with van der Waals surface area (Å²) in [6, 6.07) is 0. The molecule has 0 rings (SSSR count). The van der Waals surface area contributed by atoms with Crippen LogP contribution < -0.4 is 0 Å². The van der Waals surface area contributed by atoms with Gasteiger partial charge in [0.25, 0.3) is 0 Å². The molecule has 0 aliphatic heterocycles. The number of hydrogen-bond donors (Lipinski definition) is 2. The number of aliphatic hydroxyl groups excluding tert-OH is 1. The number of ether oxygens (including phenoxy) is 2. The predicted octanol–water partition coefficient (Wildman–Crippen LogP) is 0.136. The summed E-state index contributed by atoms with van der Waals surface area (Å²) < 4.78 is 7.84. The fraction of sp³-hybridized carbons (Fsp3) is 1.00. The zero-order valence-corrected chi connectivity index (χ0v) is 8.01. The molecule has 0 spiro atoms. The van der Waals surface area contributed by atoms with E-state index in [0.717, 1.165) is 0 Å². The second-order valence-corrected chi connectivity index (χ2v) is 3.50. The number of hydrogen-bond acceptors (Lipinski definition) is 4. The van der Waals surface area contributed by atoms with Gasteiger partial charge in [-0.3, -0.25) is 0 Å². The van der Waals surface area contributed by atoms with Crippen LogP contribution in [0.3, 0.4) is 0 Å². The second-order valence-electron chi connectivity index (χ2n) is 2.05. The van der Waals surface area contributed by atoms with Crippen LogP contribution in [0.2, 0.25) is 0 Å². The van der Waals surface area contributed by atoms with Crippen LogP contribution in [0.15, 0.2) is 0 Å². The predicted molar refractivity (Wildman–Crippen MR) is 45.4 cm³/mol. The molecule has 74 valence electrons. The van der Waals surface area contributed by atoms with Crippen molar-refractivity contribution >= 4 is 23.2 Å². The van der Waals surface area contributed by atoms with Gasteiger partial charge in [-0.25, -0.2) is 0 Å². The first-order chi connectivity index (χ1) is 5.56. The Morgan fingerprint density at radius 3 is 2.17 bits per heavy atom. The Labute approximate surface area is 81.0 Å². The summed E-state index contributed by atoms with van der Waals surface area (Å²) in [7, 11) is 0. The fourth-order valence-electron chi connectivity index (χ4n) is 0.479. The normalized spacial score (nSPS) is 12.0. The number of aliphatic hydroxyl groups is 2. The van der Waals surface area contributed by atoms with Crippen molar-refractivity contribution in [3.63, 3.8) is 0 Å². The van der Waals surface area contributed by atoms with Gasteiger partial charge >= 0.3 is 0 Å². The van der Waals surface area contributed by atoms with Gasteiger partial charge in [0.2, 0.25) is 4.52 Å². The molecule has 0 saturated carbocycles. The molecule has 6 heteroatoms. The zero-order chi connectivity index (χ0) is 9.45. The molecule has 0 heterocycles. The molecular formula is C6H12Cl2O4. The molecule has 0 amide bonds. The minimum Gasteiger partial charge on any atom is -0.394 e. The second kappa shape index (κ2) is 6.88. The first-order valence-electron chi connectivity index (χ1n) is 3.43. The van der Waals surface area contributed by atoms with Gasteiger partial charge in [-0.2, -0.15) is 0 Å². The summed E-state index contributed by atoms with van der Waals surface area (Å²) in [4.78, 5) is 0. The summed E-state index contributed by atoms with van der Waals surface area (Å²) in [5, 5.41) is 17.0. The lowest BCUT2D eigenvalue weighted by Gasteiger charge is -2.11. The van der Waals surface area contributed by atoms with Gasteiger partial charge in [0.1, 0.15) is 6.61 Å². The van der Waals surface area contributed by atoms with Crippen LogP contribution in [-0.4, -0.2) is 47.8 Å². The minimum absolute atomic E-state index is 0.0189. The van der Waals surface area contributed by atoms with Gasteiger partial charge in [-0.05, 0) is 0 Å². The third kappa shape index (κ3) is 10.4. The van der Waals surface area contributed by atoms with Crippen LogP contribution in [0, 0.1) is 0 Å². The molecule has 0 aromatic carbocycles. The molecule has 0 radical (unpaired) electrons. The summed E-state index contributed by atoms with van der Waals surface area (Å²) in [6.07, 6.45) is 0. The smallest absolute Gasteiger partial charge is 0.238 e. The molecule has 4 nitrogen and oxygen atoms in total. The van der Waals surface area contributed by atoms with Crippen LogP contribution >= 0.6 is 23.2 Å². The van der Waals surface area contributed by atoms with Crippen LogP contribution in [0.25, 0.3) is 0 Å². The Hall–Kier alpha value is 0.420. The van der Waals surface area contributed by atoms with E-state index in [9.17, 15) is 0 Å². The third-order valence-electron chi connectivity index (χ3n) is 0.883. The average molecular weight is 219 g/mol. The van der Waals surface area contributed by atoms with Crippen LogP contribution in [0.4, 0.5) is 0 Å². The molecule has 0 atom stereocenters. The summed E-state index contributed by atoms with van der Waals surface area (Å²) in [5.41, 5.74) is 0. The highest BCUT2D eigenvalue weighted by Gasteiger charge is 2.18. The van der Waals surface area contributed by atoms with E-state index in [0.29, 0.717) is 6.61 Å². The Balaban J connectivity index is 3.01. The molecule has 12 heavy (non-hydrogen) atoms. The first-order valence-corrected chi connectivity index (χ1v) is 4.18. The molecule has 0 bridgehead atoms. The molecule has 0 aromatic rings. The van der Waals surface area contributed by atoms with Crippen LogP contribution in [0.1, 0.15) is 0 Å². The zero-order valence-electron chi connectivity index (χ0n) is 6.50. The first kappa shape index (κ1) is 12.4. The summed E-state index contributed by atoms with van der Waals surface area (Å²) in [6.45, 7) is 0.703. The quantitative estimate of drug-likeness (QED) is 0.472. The van der Waals surface area contributed by atoms with Gasteiger partial charge in [0.05, 0.1) is 26.4 Å². The van der Waals surface area contributed by atoms with E-state index >= 15 is 0 Å². The molecular weight excluding hydrogens is 207 g/mol. The van der Waals surface area contributed by atoms with E-state index in [1.54, 1.807) is 0 Å². The number of rotatable bonds is 7. The molecule has 0 aliphatic carbocycles. The Morgan fingerprint density at radius 2 is 1.67 bits per heavy atom. The Morgan fingerprint density at radius 1 is 1.08 bits per heavy atom. The monoisotopic (exact) mass is 218 g/mol. The van der Waals surface area contributed by atoms with E-state index in [1.165, 1.54) is 0 Å². The van der Waals surface area contributed by atoms with E-state index in [1.807, 2.05) is 0 Å². The molecule has 0 aromatic heterocycles. The standard InChI is InChI=1S/C6H12Cl2O4/c7-6(8,10)5-12-4-3-11-2-1-9/h9-10H,1-5H2. The summed E-state index contributed by atoms with van der Waals surface area (Å²) in [5.74, 6) is 0. The van der Waals surface area contributed by atoms with Gasteiger partial charge in [0, 0.05) is 0 Å². The van der Waals surface area contributed by atoms with Gasteiger partial charge in [-0.1, -0.05) is 23.2 Å². The van der Waals surface area contributed by atoms with E-state index in [4.69, 9.17) is 42.9 Å². The highest BCUT2D eigenvalue weighted by atomic mass is 35.5. The molecule has 2 N–H and O–H groups in total. The fourth-order valence-corrected chi connectivity index (χ4v) is 0.634. The summed E-state index contributed by atoms with van der Waals surface area (Å²) >= 11 is 10.4. The van der Waals surface area contributed by atoms with Crippen LogP contribution in [-0.2, 0) is 9.47 Å². The van der Waals surface area contributed by atoms with Crippen molar-refractivity contribution in [2.75, 3.05) is 33.0 Å².